The Morgan fingerprint density at radius 1 is 1.53 bits per heavy atom. The molecule has 0 spiro atoms. The molecule has 0 amide bonds. The topological polar surface area (TPSA) is 67.4 Å². The van der Waals surface area contributed by atoms with Crippen molar-refractivity contribution in [1.29, 1.82) is 0 Å². The first-order valence-electron chi connectivity index (χ1n) is 6.09. The fourth-order valence-electron chi connectivity index (χ4n) is 2.03. The second kappa shape index (κ2) is 5.85. The summed E-state index contributed by atoms with van der Waals surface area (Å²) in [5.74, 6) is -0.666. The SMILES string of the molecule is COc1cc(S(=O)(=O)NCC2CCCN2)ccc1F. The summed E-state index contributed by atoms with van der Waals surface area (Å²) in [6.07, 6.45) is 2.01. The Bertz CT molecular complexity index is 542. The van der Waals surface area contributed by atoms with Gasteiger partial charge in [0.25, 0.3) is 0 Å². The van der Waals surface area contributed by atoms with Crippen LogP contribution in [-0.4, -0.2) is 34.7 Å². The van der Waals surface area contributed by atoms with Gasteiger partial charge in [0.15, 0.2) is 11.6 Å². The highest BCUT2D eigenvalue weighted by molar-refractivity contribution is 7.89. The van der Waals surface area contributed by atoms with Gasteiger partial charge in [0, 0.05) is 18.7 Å². The predicted octanol–water partition coefficient (Wildman–Crippen LogP) is 0.865. The van der Waals surface area contributed by atoms with Crippen LogP contribution in [0.5, 0.6) is 5.75 Å². The molecule has 0 aromatic heterocycles. The van der Waals surface area contributed by atoms with Crippen LogP contribution in [0.4, 0.5) is 4.39 Å². The number of methoxy groups -OCH3 is 1. The Kier molecular flexibility index (Phi) is 4.38. The van der Waals surface area contributed by atoms with E-state index in [1.807, 2.05) is 0 Å². The van der Waals surface area contributed by atoms with E-state index in [0.29, 0.717) is 6.54 Å². The van der Waals surface area contributed by atoms with Gasteiger partial charge in [-0.3, -0.25) is 0 Å². The summed E-state index contributed by atoms with van der Waals surface area (Å²) in [5, 5.41) is 3.20. The summed E-state index contributed by atoms with van der Waals surface area (Å²) < 4.78 is 44.6. The number of sulfonamides is 1. The number of nitrogens with one attached hydrogen (secondary N) is 2. The van der Waals surface area contributed by atoms with Gasteiger partial charge in [-0.1, -0.05) is 0 Å². The van der Waals surface area contributed by atoms with E-state index in [1.54, 1.807) is 0 Å². The van der Waals surface area contributed by atoms with Crippen LogP contribution in [0.2, 0.25) is 0 Å². The minimum atomic E-state index is -3.63. The van der Waals surface area contributed by atoms with Crippen molar-refractivity contribution in [2.24, 2.45) is 0 Å². The smallest absolute Gasteiger partial charge is 0.240 e. The number of ether oxygens (including phenoxy) is 1. The number of hydrogen-bond donors (Lipinski definition) is 2. The molecule has 0 aliphatic carbocycles. The van der Waals surface area contributed by atoms with Crippen molar-refractivity contribution in [3.8, 4) is 5.75 Å². The van der Waals surface area contributed by atoms with Crippen molar-refractivity contribution in [3.63, 3.8) is 0 Å². The molecule has 1 aliphatic heterocycles. The van der Waals surface area contributed by atoms with Gasteiger partial charge in [-0.05, 0) is 31.5 Å². The summed E-state index contributed by atoms with van der Waals surface area (Å²) in [5.41, 5.74) is 0. The highest BCUT2D eigenvalue weighted by atomic mass is 32.2. The lowest BCUT2D eigenvalue weighted by Gasteiger charge is -2.12. The van der Waals surface area contributed by atoms with Crippen molar-refractivity contribution >= 4 is 10.0 Å². The van der Waals surface area contributed by atoms with Crippen molar-refractivity contribution in [2.75, 3.05) is 20.2 Å². The highest BCUT2D eigenvalue weighted by Crippen LogP contribution is 2.21. The van der Waals surface area contributed by atoms with Gasteiger partial charge < -0.3 is 10.1 Å². The molecule has 5 nitrogen and oxygen atoms in total. The van der Waals surface area contributed by atoms with Crippen LogP contribution in [0.15, 0.2) is 23.1 Å². The second-order valence-electron chi connectivity index (χ2n) is 4.44. The van der Waals surface area contributed by atoms with Crippen LogP contribution >= 0.6 is 0 Å². The first kappa shape index (κ1) is 14.2. The summed E-state index contributed by atoms with van der Waals surface area (Å²) in [7, 11) is -2.34. The highest BCUT2D eigenvalue weighted by Gasteiger charge is 2.20. The third-order valence-corrected chi connectivity index (χ3v) is 4.54. The molecule has 1 fully saturated rings. The normalized spacial score (nSPS) is 19.6. The van der Waals surface area contributed by atoms with Crippen LogP contribution in [0.3, 0.4) is 0 Å². The van der Waals surface area contributed by atoms with Crippen LogP contribution < -0.4 is 14.8 Å². The van der Waals surface area contributed by atoms with Crippen LogP contribution in [0.1, 0.15) is 12.8 Å². The van der Waals surface area contributed by atoms with Crippen molar-refractivity contribution in [2.45, 2.75) is 23.8 Å². The Morgan fingerprint density at radius 3 is 2.95 bits per heavy atom. The van der Waals surface area contributed by atoms with E-state index in [-0.39, 0.29) is 16.7 Å². The molecule has 0 radical (unpaired) electrons. The van der Waals surface area contributed by atoms with Crippen molar-refractivity contribution in [1.82, 2.24) is 10.0 Å². The van der Waals surface area contributed by atoms with Gasteiger partial charge >= 0.3 is 0 Å². The minimum Gasteiger partial charge on any atom is -0.494 e. The van der Waals surface area contributed by atoms with E-state index in [1.165, 1.54) is 19.2 Å². The molecule has 1 atom stereocenters. The lowest BCUT2D eigenvalue weighted by Crippen LogP contribution is -2.37. The molecule has 1 saturated heterocycles. The average molecular weight is 288 g/mol. The van der Waals surface area contributed by atoms with Gasteiger partial charge in [-0.15, -0.1) is 0 Å². The molecule has 1 unspecified atom stereocenters. The Balaban J connectivity index is 2.10. The first-order valence-corrected chi connectivity index (χ1v) is 7.58. The quantitative estimate of drug-likeness (QED) is 0.843. The monoisotopic (exact) mass is 288 g/mol. The van der Waals surface area contributed by atoms with Gasteiger partial charge in [-0.25, -0.2) is 17.5 Å². The molecule has 19 heavy (non-hydrogen) atoms. The van der Waals surface area contributed by atoms with E-state index in [0.717, 1.165) is 25.5 Å². The van der Waals surface area contributed by atoms with E-state index >= 15 is 0 Å². The molecule has 106 valence electrons. The lowest BCUT2D eigenvalue weighted by molar-refractivity contribution is 0.385. The predicted molar refractivity (Wildman–Crippen MR) is 69.2 cm³/mol. The third kappa shape index (κ3) is 3.43. The van der Waals surface area contributed by atoms with Gasteiger partial charge in [-0.2, -0.15) is 0 Å². The maximum Gasteiger partial charge on any atom is 0.240 e. The van der Waals surface area contributed by atoms with Gasteiger partial charge in [0.05, 0.1) is 12.0 Å². The third-order valence-electron chi connectivity index (χ3n) is 3.12. The lowest BCUT2D eigenvalue weighted by atomic mass is 10.2. The number of halogens is 1. The van der Waals surface area contributed by atoms with Crippen molar-refractivity contribution < 1.29 is 17.5 Å². The van der Waals surface area contributed by atoms with Crippen LogP contribution in [0, 0.1) is 5.82 Å². The molecule has 1 aromatic carbocycles. The Morgan fingerprint density at radius 2 is 2.32 bits per heavy atom. The zero-order chi connectivity index (χ0) is 13.9. The summed E-state index contributed by atoms with van der Waals surface area (Å²) in [6, 6.07) is 3.65. The van der Waals surface area contributed by atoms with E-state index < -0.39 is 15.8 Å². The molecule has 0 bridgehead atoms. The molecule has 1 aliphatic rings. The fourth-order valence-corrected chi connectivity index (χ4v) is 3.13. The fraction of sp³-hybridized carbons (Fsp3) is 0.500. The van der Waals surface area contributed by atoms with E-state index in [2.05, 4.69) is 10.0 Å². The molecule has 7 heteroatoms. The average Bonchev–Trinajstić information content (AvgIpc) is 2.90. The maximum absolute atomic E-state index is 13.2. The van der Waals surface area contributed by atoms with E-state index in [9.17, 15) is 12.8 Å². The maximum atomic E-state index is 13.2. The molecular weight excluding hydrogens is 271 g/mol. The number of hydrogen-bond acceptors (Lipinski definition) is 4. The number of benzene rings is 1. The zero-order valence-electron chi connectivity index (χ0n) is 10.6. The molecule has 1 aromatic rings. The summed E-state index contributed by atoms with van der Waals surface area (Å²) in [6.45, 7) is 1.25. The van der Waals surface area contributed by atoms with Crippen molar-refractivity contribution in [3.05, 3.63) is 24.0 Å². The molecule has 2 N–H and O–H groups in total. The molecule has 2 rings (SSSR count). The van der Waals surface area contributed by atoms with Crippen LogP contribution in [0.25, 0.3) is 0 Å². The summed E-state index contributed by atoms with van der Waals surface area (Å²) in [4.78, 5) is 0.00347. The Labute approximate surface area is 112 Å². The Hall–Kier alpha value is -1.18. The largest absolute Gasteiger partial charge is 0.494 e. The molecular formula is C12H17FN2O3S. The minimum absolute atomic E-state index is 0.00347. The number of rotatable bonds is 5. The van der Waals surface area contributed by atoms with Gasteiger partial charge in [0.2, 0.25) is 10.0 Å². The first-order chi connectivity index (χ1) is 9.03. The molecule has 0 saturated carbocycles. The van der Waals surface area contributed by atoms with Crippen LogP contribution in [-0.2, 0) is 10.0 Å². The van der Waals surface area contributed by atoms with E-state index in [4.69, 9.17) is 4.74 Å². The van der Waals surface area contributed by atoms with Gasteiger partial charge in [0.1, 0.15) is 0 Å². The zero-order valence-corrected chi connectivity index (χ0v) is 11.5. The standard InChI is InChI=1S/C12H17FN2O3S/c1-18-12-7-10(4-5-11(12)13)19(16,17)15-8-9-3-2-6-14-9/h4-5,7,9,14-15H,2-3,6,8H2,1H3. The molecule has 1 heterocycles. The second-order valence-corrected chi connectivity index (χ2v) is 6.21. The summed E-state index contributed by atoms with van der Waals surface area (Å²) >= 11 is 0.